The molecule has 1 aliphatic carbocycles. The lowest BCUT2D eigenvalue weighted by Crippen LogP contribution is -2.32. The Kier molecular flexibility index (Phi) is 3.38. The molecule has 6 nitrogen and oxygen atoms in total. The van der Waals surface area contributed by atoms with Gasteiger partial charge >= 0.3 is 0 Å². The molecule has 1 atom stereocenters. The molecule has 0 bridgehead atoms. The first-order chi connectivity index (χ1) is 12.7. The van der Waals surface area contributed by atoms with Crippen LogP contribution in [0.5, 0.6) is 0 Å². The molecule has 5 rings (SSSR count). The zero-order chi connectivity index (χ0) is 17.7. The number of fused-ring (bicyclic) bond motifs is 1. The standard InChI is InChI=1S/C20H18N4O2/c1-12-6-7-15(11-21-12)20(25)24-16-5-3-2-4-14(16)10-17(24)19-22-18(23-26-19)13-8-9-13/h2-7,11,13,17H,8-10H2,1H3. The SMILES string of the molecule is Cc1ccc(C(=O)N2c3ccccc3CC2c2nc(C3CC3)no2)cn1. The maximum absolute atomic E-state index is 13.3. The van der Waals surface area contributed by atoms with Crippen LogP contribution in [0.25, 0.3) is 0 Å². The van der Waals surface area contributed by atoms with Gasteiger partial charge in [-0.3, -0.25) is 14.7 Å². The molecule has 2 aliphatic rings. The summed E-state index contributed by atoms with van der Waals surface area (Å²) in [4.78, 5) is 23.9. The Morgan fingerprint density at radius 2 is 2.04 bits per heavy atom. The number of aromatic nitrogens is 3. The van der Waals surface area contributed by atoms with Gasteiger partial charge in [0.15, 0.2) is 5.82 Å². The fourth-order valence-electron chi connectivity index (χ4n) is 3.46. The number of nitrogens with zero attached hydrogens (tertiary/aromatic N) is 4. The van der Waals surface area contributed by atoms with Crippen LogP contribution in [0.3, 0.4) is 0 Å². The van der Waals surface area contributed by atoms with Crippen molar-refractivity contribution in [2.45, 2.75) is 38.1 Å². The van der Waals surface area contributed by atoms with Crippen LogP contribution in [0.2, 0.25) is 0 Å². The first-order valence-electron chi connectivity index (χ1n) is 8.88. The molecule has 6 heteroatoms. The van der Waals surface area contributed by atoms with E-state index < -0.39 is 0 Å². The van der Waals surface area contributed by atoms with Crippen LogP contribution in [0, 0.1) is 6.92 Å². The van der Waals surface area contributed by atoms with Gasteiger partial charge in [0.05, 0.1) is 5.56 Å². The van der Waals surface area contributed by atoms with E-state index in [9.17, 15) is 4.79 Å². The summed E-state index contributed by atoms with van der Waals surface area (Å²) < 4.78 is 5.55. The highest BCUT2D eigenvalue weighted by molar-refractivity contribution is 6.07. The Labute approximate surface area is 150 Å². The second kappa shape index (κ2) is 5.76. The van der Waals surface area contributed by atoms with Crippen molar-refractivity contribution < 1.29 is 9.32 Å². The van der Waals surface area contributed by atoms with E-state index in [2.05, 4.69) is 15.1 Å². The molecule has 1 aromatic carbocycles. The number of amides is 1. The number of pyridine rings is 1. The Morgan fingerprint density at radius 3 is 2.81 bits per heavy atom. The summed E-state index contributed by atoms with van der Waals surface area (Å²) in [5, 5.41) is 4.13. The second-order valence-electron chi connectivity index (χ2n) is 6.98. The van der Waals surface area contributed by atoms with Gasteiger partial charge in [0, 0.05) is 29.9 Å². The van der Waals surface area contributed by atoms with Crippen molar-refractivity contribution in [3.8, 4) is 0 Å². The number of carbonyl (C=O) groups is 1. The lowest BCUT2D eigenvalue weighted by atomic mass is 10.1. The van der Waals surface area contributed by atoms with Crippen LogP contribution < -0.4 is 4.90 Å². The fraction of sp³-hybridized carbons (Fsp3) is 0.300. The van der Waals surface area contributed by atoms with E-state index in [1.807, 2.05) is 43.3 Å². The predicted octanol–water partition coefficient (Wildman–Crippen LogP) is 3.59. The quantitative estimate of drug-likeness (QED) is 0.724. The summed E-state index contributed by atoms with van der Waals surface area (Å²) in [6.07, 6.45) is 4.52. The molecule has 26 heavy (non-hydrogen) atoms. The molecule has 3 heterocycles. The van der Waals surface area contributed by atoms with Crippen molar-refractivity contribution >= 4 is 11.6 Å². The number of anilines is 1. The third kappa shape index (κ3) is 2.49. The molecule has 0 N–H and O–H groups in total. The highest BCUT2D eigenvalue weighted by Crippen LogP contribution is 2.43. The summed E-state index contributed by atoms with van der Waals surface area (Å²) in [6.45, 7) is 1.90. The second-order valence-corrected chi connectivity index (χ2v) is 6.98. The monoisotopic (exact) mass is 346 g/mol. The molecule has 1 aliphatic heterocycles. The van der Waals surface area contributed by atoms with Gasteiger partial charge in [0.2, 0.25) is 5.89 Å². The Bertz CT molecular complexity index is 975. The van der Waals surface area contributed by atoms with E-state index in [0.717, 1.165) is 35.6 Å². The summed E-state index contributed by atoms with van der Waals surface area (Å²) in [7, 11) is 0. The zero-order valence-electron chi connectivity index (χ0n) is 14.4. The molecule has 1 fully saturated rings. The van der Waals surface area contributed by atoms with E-state index in [-0.39, 0.29) is 11.9 Å². The van der Waals surface area contributed by atoms with E-state index in [0.29, 0.717) is 23.8 Å². The number of hydrogen-bond donors (Lipinski definition) is 0. The first kappa shape index (κ1) is 15.3. The summed E-state index contributed by atoms with van der Waals surface area (Å²) in [6, 6.07) is 11.3. The maximum atomic E-state index is 13.3. The van der Waals surface area contributed by atoms with Crippen molar-refractivity contribution in [1.82, 2.24) is 15.1 Å². The number of rotatable bonds is 3. The van der Waals surface area contributed by atoms with Crippen LogP contribution in [0.1, 0.15) is 58.1 Å². The molecule has 130 valence electrons. The third-order valence-electron chi connectivity index (χ3n) is 5.04. The van der Waals surface area contributed by atoms with Gasteiger partial charge in [0.25, 0.3) is 5.91 Å². The molecule has 3 aromatic rings. The molecular weight excluding hydrogens is 328 g/mol. The minimum atomic E-state index is -0.277. The molecule has 1 saturated carbocycles. The molecule has 0 spiro atoms. The number of aryl methyl sites for hydroxylation is 1. The molecule has 0 saturated heterocycles. The van der Waals surface area contributed by atoms with Gasteiger partial charge in [-0.1, -0.05) is 23.4 Å². The smallest absolute Gasteiger partial charge is 0.260 e. The zero-order valence-corrected chi connectivity index (χ0v) is 14.4. The number of hydrogen-bond acceptors (Lipinski definition) is 5. The largest absolute Gasteiger partial charge is 0.337 e. The predicted molar refractivity (Wildman–Crippen MR) is 94.9 cm³/mol. The van der Waals surface area contributed by atoms with Crippen molar-refractivity contribution in [3.63, 3.8) is 0 Å². The van der Waals surface area contributed by atoms with Crippen molar-refractivity contribution in [1.29, 1.82) is 0 Å². The minimum Gasteiger partial charge on any atom is -0.337 e. The van der Waals surface area contributed by atoms with E-state index in [1.54, 1.807) is 11.1 Å². The minimum absolute atomic E-state index is 0.0985. The lowest BCUT2D eigenvalue weighted by molar-refractivity contribution is 0.0974. The highest BCUT2D eigenvalue weighted by Gasteiger charge is 2.39. The van der Waals surface area contributed by atoms with Crippen LogP contribution in [0.4, 0.5) is 5.69 Å². The van der Waals surface area contributed by atoms with Crippen LogP contribution in [-0.4, -0.2) is 21.0 Å². The fourth-order valence-corrected chi connectivity index (χ4v) is 3.46. The number of carbonyl (C=O) groups excluding carboxylic acids is 1. The molecule has 0 radical (unpaired) electrons. The normalized spacial score (nSPS) is 18.8. The van der Waals surface area contributed by atoms with Gasteiger partial charge in [-0.2, -0.15) is 4.98 Å². The van der Waals surface area contributed by atoms with E-state index in [1.165, 1.54) is 0 Å². The Hall–Kier alpha value is -3.02. The van der Waals surface area contributed by atoms with Gasteiger partial charge in [-0.25, -0.2) is 0 Å². The van der Waals surface area contributed by atoms with Gasteiger partial charge in [-0.15, -0.1) is 0 Å². The van der Waals surface area contributed by atoms with Crippen LogP contribution in [-0.2, 0) is 6.42 Å². The lowest BCUT2D eigenvalue weighted by Gasteiger charge is -2.23. The Morgan fingerprint density at radius 1 is 1.19 bits per heavy atom. The maximum Gasteiger partial charge on any atom is 0.260 e. The van der Waals surface area contributed by atoms with Gasteiger partial charge in [0.1, 0.15) is 6.04 Å². The van der Waals surface area contributed by atoms with Crippen LogP contribution in [0.15, 0.2) is 47.1 Å². The van der Waals surface area contributed by atoms with Crippen molar-refractivity contribution in [3.05, 3.63) is 71.1 Å². The summed E-state index contributed by atoms with van der Waals surface area (Å²) in [5.41, 5.74) is 3.44. The molecule has 2 aromatic heterocycles. The average Bonchev–Trinajstić information content (AvgIpc) is 3.27. The van der Waals surface area contributed by atoms with Gasteiger partial charge in [-0.05, 0) is 43.5 Å². The third-order valence-corrected chi connectivity index (χ3v) is 5.04. The number of benzene rings is 1. The van der Waals surface area contributed by atoms with E-state index in [4.69, 9.17) is 4.52 Å². The van der Waals surface area contributed by atoms with E-state index >= 15 is 0 Å². The molecule has 1 unspecified atom stereocenters. The molecular formula is C20H18N4O2. The Balaban J connectivity index is 1.55. The van der Waals surface area contributed by atoms with Gasteiger partial charge < -0.3 is 4.52 Å². The summed E-state index contributed by atoms with van der Waals surface area (Å²) in [5.74, 6) is 1.59. The summed E-state index contributed by atoms with van der Waals surface area (Å²) >= 11 is 0. The molecule has 1 amide bonds. The average molecular weight is 346 g/mol. The topological polar surface area (TPSA) is 72.1 Å². The number of para-hydroxylation sites is 1. The highest BCUT2D eigenvalue weighted by atomic mass is 16.5. The first-order valence-corrected chi connectivity index (χ1v) is 8.88. The van der Waals surface area contributed by atoms with Crippen molar-refractivity contribution in [2.75, 3.05) is 4.90 Å². The van der Waals surface area contributed by atoms with Crippen molar-refractivity contribution in [2.24, 2.45) is 0 Å². The van der Waals surface area contributed by atoms with Crippen LogP contribution >= 0.6 is 0 Å².